The molecule has 2 heterocycles. The normalized spacial score (nSPS) is 37.1. The molecule has 0 saturated carbocycles. The Hall–Kier alpha value is -2.66. The number of ether oxygens (including phenoxy) is 2. The molecule has 0 aromatic heterocycles. The third kappa shape index (κ3) is 2.31. The zero-order valence-electron chi connectivity index (χ0n) is 15.9. The first-order chi connectivity index (χ1) is 13.9. The van der Waals surface area contributed by atoms with Crippen LogP contribution in [-0.4, -0.2) is 12.0 Å². The summed E-state index contributed by atoms with van der Waals surface area (Å²) in [5.74, 6) is -2.60. The summed E-state index contributed by atoms with van der Waals surface area (Å²) in [6, 6.07) is 13.7. The number of nitrogens with zero attached hydrogens (tertiary/aromatic N) is 3. The Morgan fingerprint density at radius 2 is 1.79 bits per heavy atom. The van der Waals surface area contributed by atoms with E-state index in [-0.39, 0.29) is 11.8 Å². The topological polar surface area (TPSA) is 114 Å². The van der Waals surface area contributed by atoms with Crippen LogP contribution in [0, 0.1) is 62.1 Å². The molecule has 2 aliphatic heterocycles. The van der Waals surface area contributed by atoms with E-state index in [0.717, 1.165) is 17.3 Å². The fourth-order valence-corrected chi connectivity index (χ4v) is 5.38. The fourth-order valence-electron chi connectivity index (χ4n) is 5.12. The van der Waals surface area contributed by atoms with Gasteiger partial charge in [0.1, 0.15) is 0 Å². The Morgan fingerprint density at radius 1 is 1.10 bits per heavy atom. The van der Waals surface area contributed by atoms with Crippen molar-refractivity contribution in [2.24, 2.45) is 22.7 Å². The maximum atomic E-state index is 10.3. The van der Waals surface area contributed by atoms with Crippen molar-refractivity contribution in [2.75, 3.05) is 0 Å². The van der Waals surface area contributed by atoms with Gasteiger partial charge in [0.15, 0.2) is 10.8 Å². The molecule has 1 aromatic rings. The Kier molecular flexibility index (Phi) is 4.54. The molecule has 6 nitrogen and oxygen atoms in total. The van der Waals surface area contributed by atoms with Crippen molar-refractivity contribution in [3.63, 3.8) is 0 Å². The van der Waals surface area contributed by atoms with Gasteiger partial charge in [0.05, 0.1) is 30.2 Å². The molecule has 5 unspecified atom stereocenters. The number of nitrogens with one attached hydrogen (secondary N) is 1. The van der Waals surface area contributed by atoms with Gasteiger partial charge in [0.25, 0.3) is 0 Å². The van der Waals surface area contributed by atoms with Crippen LogP contribution < -0.4 is 0 Å². The predicted octanol–water partition coefficient (Wildman–Crippen LogP) is 4.54. The van der Waals surface area contributed by atoms with Crippen molar-refractivity contribution in [1.82, 2.24) is 0 Å². The second-order valence-electron chi connectivity index (χ2n) is 7.86. The molecular formula is C22H19BrN4O2. The quantitative estimate of drug-likeness (QED) is 0.663. The summed E-state index contributed by atoms with van der Waals surface area (Å²) in [4.78, 5) is 0. The molecule has 0 amide bonds. The minimum Gasteiger partial charge on any atom is -0.443 e. The molecule has 4 rings (SSSR count). The Morgan fingerprint density at radius 3 is 2.34 bits per heavy atom. The largest absolute Gasteiger partial charge is 0.443 e. The van der Waals surface area contributed by atoms with E-state index in [1.54, 1.807) is 6.92 Å². The van der Waals surface area contributed by atoms with E-state index in [1.807, 2.05) is 30.3 Å². The van der Waals surface area contributed by atoms with E-state index in [2.05, 4.69) is 40.2 Å². The van der Waals surface area contributed by atoms with Crippen molar-refractivity contribution >= 4 is 21.8 Å². The van der Waals surface area contributed by atoms with E-state index in [0.29, 0.717) is 12.0 Å². The lowest BCUT2D eigenvalue weighted by molar-refractivity contribution is -0.296. The SMILES string of the molecule is CC1C2(c3ccc(Br)cc3)OC(=N)C1(C#N)C(C#N)(C#N)C(C1CC=CCC1)O2. The van der Waals surface area contributed by atoms with Crippen molar-refractivity contribution < 1.29 is 9.47 Å². The van der Waals surface area contributed by atoms with E-state index in [4.69, 9.17) is 14.9 Å². The number of halogens is 1. The number of fused-ring (bicyclic) bond motifs is 2. The Bertz CT molecular complexity index is 1000. The van der Waals surface area contributed by atoms with Crippen LogP contribution in [0.5, 0.6) is 0 Å². The van der Waals surface area contributed by atoms with Crippen LogP contribution in [0.1, 0.15) is 31.7 Å². The highest BCUT2D eigenvalue weighted by Gasteiger charge is 2.80. The number of hydrogen-bond donors (Lipinski definition) is 1. The molecule has 0 radical (unpaired) electrons. The van der Waals surface area contributed by atoms with Gasteiger partial charge < -0.3 is 9.47 Å². The van der Waals surface area contributed by atoms with Crippen LogP contribution in [0.3, 0.4) is 0 Å². The molecular weight excluding hydrogens is 432 g/mol. The Balaban J connectivity index is 1.97. The number of hydrogen-bond acceptors (Lipinski definition) is 6. The van der Waals surface area contributed by atoms with Crippen LogP contribution in [0.25, 0.3) is 0 Å². The molecule has 0 spiro atoms. The average Bonchev–Trinajstić information content (AvgIpc) is 2.91. The number of benzene rings is 1. The summed E-state index contributed by atoms with van der Waals surface area (Å²) in [7, 11) is 0. The van der Waals surface area contributed by atoms with Crippen molar-refractivity contribution in [3.05, 3.63) is 46.5 Å². The molecule has 5 atom stereocenters. The first-order valence-electron chi connectivity index (χ1n) is 9.52. The predicted molar refractivity (Wildman–Crippen MR) is 107 cm³/mol. The van der Waals surface area contributed by atoms with Gasteiger partial charge in [0, 0.05) is 10.0 Å². The third-order valence-corrected chi connectivity index (χ3v) is 7.22. The highest BCUT2D eigenvalue weighted by Crippen LogP contribution is 2.66. The van der Waals surface area contributed by atoms with E-state index in [9.17, 15) is 15.8 Å². The van der Waals surface area contributed by atoms with Crippen molar-refractivity contribution in [3.8, 4) is 18.2 Å². The molecule has 29 heavy (non-hydrogen) atoms. The Labute approximate surface area is 178 Å². The zero-order chi connectivity index (χ0) is 20.9. The van der Waals surface area contributed by atoms with E-state index < -0.39 is 28.6 Å². The number of rotatable bonds is 2. The lowest BCUT2D eigenvalue weighted by Gasteiger charge is -2.51. The van der Waals surface area contributed by atoms with Gasteiger partial charge in [-0.3, -0.25) is 5.41 Å². The lowest BCUT2D eigenvalue weighted by atomic mass is 9.52. The smallest absolute Gasteiger partial charge is 0.243 e. The summed E-state index contributed by atoms with van der Waals surface area (Å²) in [6.07, 6.45) is 5.44. The summed E-state index contributed by atoms with van der Waals surface area (Å²) >= 11 is 3.42. The molecule has 7 heteroatoms. The molecule has 1 N–H and O–H groups in total. The maximum absolute atomic E-state index is 10.3. The molecule has 2 saturated heterocycles. The highest BCUT2D eigenvalue weighted by atomic mass is 79.9. The standard InChI is InChI=1S/C22H19BrN4O2/c1-14-21(13-26)19(27)29-22(14,16-7-9-17(23)10-8-16)28-18(20(21,11-24)12-25)15-5-3-2-4-6-15/h2-3,7-10,14-15,18,27H,4-6H2,1H3. The number of nitriles is 3. The van der Waals surface area contributed by atoms with Gasteiger partial charge in [-0.2, -0.15) is 15.8 Å². The molecule has 2 bridgehead atoms. The monoisotopic (exact) mass is 450 g/mol. The first-order valence-corrected chi connectivity index (χ1v) is 10.3. The fraction of sp³-hybridized carbons (Fsp3) is 0.455. The van der Waals surface area contributed by atoms with Crippen LogP contribution in [0.2, 0.25) is 0 Å². The van der Waals surface area contributed by atoms with Gasteiger partial charge in [-0.25, -0.2) is 0 Å². The molecule has 146 valence electrons. The summed E-state index contributed by atoms with van der Waals surface area (Å²) in [5.41, 5.74) is -2.88. The van der Waals surface area contributed by atoms with E-state index >= 15 is 0 Å². The summed E-state index contributed by atoms with van der Waals surface area (Å²) in [6.45, 7) is 1.73. The number of allylic oxidation sites excluding steroid dienone is 2. The van der Waals surface area contributed by atoms with Crippen molar-refractivity contribution in [2.45, 2.75) is 38.1 Å². The summed E-state index contributed by atoms with van der Waals surface area (Å²) < 4.78 is 13.4. The minimum absolute atomic E-state index is 0.121. The second-order valence-corrected chi connectivity index (χ2v) is 8.78. The molecule has 1 aromatic carbocycles. The van der Waals surface area contributed by atoms with Crippen molar-refractivity contribution in [1.29, 1.82) is 21.2 Å². The van der Waals surface area contributed by atoms with Gasteiger partial charge >= 0.3 is 0 Å². The second kappa shape index (κ2) is 6.70. The van der Waals surface area contributed by atoms with Crippen LogP contribution in [-0.2, 0) is 15.3 Å². The van der Waals surface area contributed by atoms with Gasteiger partial charge in [0.2, 0.25) is 11.7 Å². The van der Waals surface area contributed by atoms with Gasteiger partial charge in [-0.15, -0.1) is 0 Å². The highest BCUT2D eigenvalue weighted by molar-refractivity contribution is 9.10. The lowest BCUT2D eigenvalue weighted by Crippen LogP contribution is -2.62. The molecule has 2 fully saturated rings. The minimum atomic E-state index is -1.83. The summed E-state index contributed by atoms with van der Waals surface area (Å²) in [5, 5.41) is 39.3. The third-order valence-electron chi connectivity index (χ3n) is 6.70. The van der Waals surface area contributed by atoms with Crippen LogP contribution in [0.15, 0.2) is 40.9 Å². The van der Waals surface area contributed by atoms with Crippen LogP contribution in [0.4, 0.5) is 0 Å². The zero-order valence-corrected chi connectivity index (χ0v) is 17.4. The maximum Gasteiger partial charge on any atom is 0.243 e. The van der Waals surface area contributed by atoms with Crippen LogP contribution >= 0.6 is 15.9 Å². The van der Waals surface area contributed by atoms with Gasteiger partial charge in [-0.05, 0) is 37.3 Å². The molecule has 3 aliphatic rings. The molecule has 1 aliphatic carbocycles. The average molecular weight is 451 g/mol. The van der Waals surface area contributed by atoms with E-state index in [1.165, 1.54) is 0 Å². The van der Waals surface area contributed by atoms with Gasteiger partial charge in [-0.1, -0.05) is 47.1 Å². The first kappa shape index (κ1) is 19.6.